The molecule has 2 rings (SSSR count). The van der Waals surface area contributed by atoms with Crippen LogP contribution < -0.4 is 5.73 Å². The Balaban J connectivity index is 1.79. The first-order chi connectivity index (χ1) is 8.65. The maximum absolute atomic E-state index is 6.25. The monoisotopic (exact) mass is 311 g/mol. The van der Waals surface area contributed by atoms with Gasteiger partial charge in [0.15, 0.2) is 0 Å². The van der Waals surface area contributed by atoms with Crippen molar-refractivity contribution in [3.63, 3.8) is 0 Å². The minimum absolute atomic E-state index is 0.141. The first-order valence-electron chi connectivity index (χ1n) is 6.57. The Kier molecular flexibility index (Phi) is 5.18. The SMILES string of the molecule is CN1CCN(CCC(N)c2cccc(Br)c2)CC1. The lowest BCUT2D eigenvalue weighted by Gasteiger charge is -2.32. The number of nitrogens with two attached hydrogens (primary N) is 1. The molecule has 0 radical (unpaired) electrons. The van der Waals surface area contributed by atoms with Gasteiger partial charge in [-0.05, 0) is 31.2 Å². The van der Waals surface area contributed by atoms with Gasteiger partial charge in [-0.1, -0.05) is 28.1 Å². The van der Waals surface area contributed by atoms with Crippen LogP contribution in [0.25, 0.3) is 0 Å². The maximum Gasteiger partial charge on any atom is 0.0307 e. The van der Waals surface area contributed by atoms with Crippen molar-refractivity contribution in [2.75, 3.05) is 39.8 Å². The fourth-order valence-corrected chi connectivity index (χ4v) is 2.71. The van der Waals surface area contributed by atoms with Gasteiger partial charge in [-0.3, -0.25) is 0 Å². The molecule has 1 saturated heterocycles. The van der Waals surface area contributed by atoms with E-state index in [-0.39, 0.29) is 6.04 Å². The summed E-state index contributed by atoms with van der Waals surface area (Å²) in [5, 5.41) is 0. The van der Waals surface area contributed by atoms with Gasteiger partial charge >= 0.3 is 0 Å². The quantitative estimate of drug-likeness (QED) is 0.924. The predicted octanol–water partition coefficient (Wildman–Crippen LogP) is 2.09. The summed E-state index contributed by atoms with van der Waals surface area (Å²) in [6, 6.07) is 8.46. The molecule has 0 saturated carbocycles. The molecule has 0 bridgehead atoms. The molecule has 1 heterocycles. The first-order valence-corrected chi connectivity index (χ1v) is 7.36. The molecule has 1 aromatic carbocycles. The second-order valence-electron chi connectivity index (χ2n) is 5.10. The van der Waals surface area contributed by atoms with Crippen LogP contribution in [-0.2, 0) is 0 Å². The number of piperazine rings is 1. The summed E-state index contributed by atoms with van der Waals surface area (Å²) in [6.45, 7) is 5.78. The normalized spacial score (nSPS) is 19.9. The Hall–Kier alpha value is -0.420. The van der Waals surface area contributed by atoms with Crippen molar-refractivity contribution in [1.29, 1.82) is 0 Å². The van der Waals surface area contributed by atoms with Crippen LogP contribution in [-0.4, -0.2) is 49.6 Å². The molecule has 18 heavy (non-hydrogen) atoms. The molecule has 0 aliphatic carbocycles. The molecule has 1 fully saturated rings. The highest BCUT2D eigenvalue weighted by atomic mass is 79.9. The molecule has 1 atom stereocenters. The summed E-state index contributed by atoms with van der Waals surface area (Å²) in [4.78, 5) is 4.89. The van der Waals surface area contributed by atoms with E-state index < -0.39 is 0 Å². The van der Waals surface area contributed by atoms with E-state index in [9.17, 15) is 0 Å². The van der Waals surface area contributed by atoms with Crippen LogP contribution in [0.15, 0.2) is 28.7 Å². The molecule has 1 aliphatic heterocycles. The molecule has 100 valence electrons. The van der Waals surface area contributed by atoms with Crippen molar-refractivity contribution >= 4 is 15.9 Å². The number of hydrogen-bond acceptors (Lipinski definition) is 3. The summed E-state index contributed by atoms with van der Waals surface area (Å²) in [5.41, 5.74) is 7.47. The Morgan fingerprint density at radius 1 is 1.28 bits per heavy atom. The lowest BCUT2D eigenvalue weighted by molar-refractivity contribution is 0.150. The molecule has 2 N–H and O–H groups in total. The Morgan fingerprint density at radius 3 is 2.67 bits per heavy atom. The minimum Gasteiger partial charge on any atom is -0.324 e. The number of benzene rings is 1. The third-order valence-corrected chi connectivity index (χ3v) is 4.12. The average molecular weight is 312 g/mol. The highest BCUT2D eigenvalue weighted by molar-refractivity contribution is 9.10. The average Bonchev–Trinajstić information content (AvgIpc) is 2.38. The van der Waals surface area contributed by atoms with Gasteiger partial charge < -0.3 is 15.5 Å². The number of nitrogens with zero attached hydrogens (tertiary/aromatic N) is 2. The summed E-state index contributed by atoms with van der Waals surface area (Å²) >= 11 is 3.49. The molecule has 4 heteroatoms. The zero-order valence-electron chi connectivity index (χ0n) is 11.0. The topological polar surface area (TPSA) is 32.5 Å². The van der Waals surface area contributed by atoms with E-state index in [0.29, 0.717) is 0 Å². The van der Waals surface area contributed by atoms with Crippen molar-refractivity contribution in [3.8, 4) is 0 Å². The summed E-state index contributed by atoms with van der Waals surface area (Å²) in [5.74, 6) is 0. The van der Waals surface area contributed by atoms with Crippen molar-refractivity contribution in [2.45, 2.75) is 12.5 Å². The molecule has 0 aromatic heterocycles. The Labute approximate surface area is 118 Å². The van der Waals surface area contributed by atoms with Gasteiger partial charge in [-0.15, -0.1) is 0 Å². The Morgan fingerprint density at radius 2 is 2.00 bits per heavy atom. The molecular formula is C14H22BrN3. The maximum atomic E-state index is 6.25. The number of rotatable bonds is 4. The van der Waals surface area contributed by atoms with E-state index in [1.807, 2.05) is 6.07 Å². The first kappa shape index (κ1) is 14.0. The van der Waals surface area contributed by atoms with Crippen LogP contribution in [0.1, 0.15) is 18.0 Å². The zero-order valence-corrected chi connectivity index (χ0v) is 12.6. The largest absolute Gasteiger partial charge is 0.324 e. The zero-order chi connectivity index (χ0) is 13.0. The van der Waals surface area contributed by atoms with Gasteiger partial charge in [0, 0.05) is 43.2 Å². The van der Waals surface area contributed by atoms with Crippen LogP contribution in [0.3, 0.4) is 0 Å². The van der Waals surface area contributed by atoms with E-state index in [2.05, 4.69) is 51.0 Å². The minimum atomic E-state index is 0.141. The molecule has 1 aliphatic rings. The smallest absolute Gasteiger partial charge is 0.0307 e. The van der Waals surface area contributed by atoms with Crippen molar-refractivity contribution < 1.29 is 0 Å². The highest BCUT2D eigenvalue weighted by Crippen LogP contribution is 2.19. The Bertz CT molecular complexity index is 375. The number of likely N-dealkylation sites (N-methyl/N-ethyl adjacent to an activating group) is 1. The standard InChI is InChI=1S/C14H22BrN3/c1-17-7-9-18(10-8-17)6-5-14(16)12-3-2-4-13(15)11-12/h2-4,11,14H,5-10,16H2,1H3. The lowest BCUT2D eigenvalue weighted by atomic mass is 10.0. The van der Waals surface area contributed by atoms with Crippen molar-refractivity contribution in [3.05, 3.63) is 34.3 Å². The van der Waals surface area contributed by atoms with Gasteiger partial charge in [0.1, 0.15) is 0 Å². The number of hydrogen-bond donors (Lipinski definition) is 1. The molecule has 0 spiro atoms. The highest BCUT2D eigenvalue weighted by Gasteiger charge is 2.15. The van der Waals surface area contributed by atoms with E-state index in [1.54, 1.807) is 0 Å². The van der Waals surface area contributed by atoms with Crippen molar-refractivity contribution in [1.82, 2.24) is 9.80 Å². The molecule has 1 unspecified atom stereocenters. The van der Waals surface area contributed by atoms with Gasteiger partial charge in [-0.2, -0.15) is 0 Å². The lowest BCUT2D eigenvalue weighted by Crippen LogP contribution is -2.45. The van der Waals surface area contributed by atoms with Gasteiger partial charge in [0.25, 0.3) is 0 Å². The summed E-state index contributed by atoms with van der Waals surface area (Å²) in [6.07, 6.45) is 1.03. The molecule has 3 nitrogen and oxygen atoms in total. The summed E-state index contributed by atoms with van der Waals surface area (Å²) < 4.78 is 1.11. The molecule has 1 aromatic rings. The van der Waals surface area contributed by atoms with Gasteiger partial charge in [0.2, 0.25) is 0 Å². The van der Waals surface area contributed by atoms with Gasteiger partial charge in [-0.25, -0.2) is 0 Å². The van der Waals surface area contributed by atoms with Crippen LogP contribution in [0.2, 0.25) is 0 Å². The molecule has 0 amide bonds. The summed E-state index contributed by atoms with van der Waals surface area (Å²) in [7, 11) is 2.19. The third kappa shape index (κ3) is 4.05. The van der Waals surface area contributed by atoms with E-state index in [1.165, 1.54) is 31.7 Å². The molecular weight excluding hydrogens is 290 g/mol. The van der Waals surface area contributed by atoms with E-state index in [0.717, 1.165) is 17.4 Å². The van der Waals surface area contributed by atoms with Gasteiger partial charge in [0.05, 0.1) is 0 Å². The van der Waals surface area contributed by atoms with Crippen LogP contribution in [0.5, 0.6) is 0 Å². The fourth-order valence-electron chi connectivity index (χ4n) is 2.30. The second kappa shape index (κ2) is 6.66. The second-order valence-corrected chi connectivity index (χ2v) is 6.01. The van der Waals surface area contributed by atoms with Crippen LogP contribution in [0.4, 0.5) is 0 Å². The third-order valence-electron chi connectivity index (χ3n) is 3.63. The predicted molar refractivity (Wildman–Crippen MR) is 79.6 cm³/mol. The van der Waals surface area contributed by atoms with Crippen molar-refractivity contribution in [2.24, 2.45) is 5.73 Å². The number of halogens is 1. The fraction of sp³-hybridized carbons (Fsp3) is 0.571. The van der Waals surface area contributed by atoms with E-state index in [4.69, 9.17) is 5.73 Å². The van der Waals surface area contributed by atoms with E-state index >= 15 is 0 Å². The van der Waals surface area contributed by atoms with Crippen LogP contribution >= 0.6 is 15.9 Å². The van der Waals surface area contributed by atoms with Crippen LogP contribution in [0, 0.1) is 0 Å².